The van der Waals surface area contributed by atoms with Gasteiger partial charge in [-0.1, -0.05) is 17.7 Å². The Hall–Kier alpha value is -1.56. The summed E-state index contributed by atoms with van der Waals surface area (Å²) in [5, 5.41) is 8.37. The van der Waals surface area contributed by atoms with Crippen LogP contribution in [0.5, 0.6) is 0 Å². The van der Waals surface area contributed by atoms with E-state index < -0.39 is 0 Å². The maximum absolute atomic E-state index is 11.9. The zero-order valence-electron chi connectivity index (χ0n) is 12.0. The summed E-state index contributed by atoms with van der Waals surface area (Å²) in [6.07, 6.45) is 0. The van der Waals surface area contributed by atoms with E-state index in [1.807, 2.05) is 25.5 Å². The fourth-order valence-electron chi connectivity index (χ4n) is 1.92. The standard InChI is InChI=1S/C15H18ClN3OS/c1-19(2)13(14-4-3-9-21-14)10-17-15(20)18-12-7-5-11(16)6-8-12/h3-9,13H,10H2,1-2H3,(H2,17,18,20)/t13-/m1/s1. The second-order valence-electron chi connectivity index (χ2n) is 4.84. The third-order valence-corrected chi connectivity index (χ3v) is 4.28. The van der Waals surface area contributed by atoms with E-state index in [0.717, 1.165) is 5.69 Å². The molecule has 1 heterocycles. The Morgan fingerprint density at radius 2 is 2.00 bits per heavy atom. The van der Waals surface area contributed by atoms with E-state index in [9.17, 15) is 4.79 Å². The van der Waals surface area contributed by atoms with Crippen molar-refractivity contribution in [3.63, 3.8) is 0 Å². The average Bonchev–Trinajstić information content (AvgIpc) is 2.95. The summed E-state index contributed by atoms with van der Waals surface area (Å²) in [6.45, 7) is 0.549. The highest BCUT2D eigenvalue weighted by molar-refractivity contribution is 7.10. The van der Waals surface area contributed by atoms with Gasteiger partial charge in [-0.2, -0.15) is 0 Å². The number of hydrogen-bond donors (Lipinski definition) is 2. The molecule has 0 radical (unpaired) electrons. The number of nitrogens with zero attached hydrogens (tertiary/aromatic N) is 1. The van der Waals surface area contributed by atoms with Gasteiger partial charge >= 0.3 is 6.03 Å². The van der Waals surface area contributed by atoms with Crippen LogP contribution in [0.3, 0.4) is 0 Å². The van der Waals surface area contributed by atoms with Crippen LogP contribution in [0, 0.1) is 0 Å². The Kier molecular flexibility index (Phi) is 5.61. The molecule has 0 saturated carbocycles. The molecule has 0 aliphatic carbocycles. The summed E-state index contributed by atoms with van der Waals surface area (Å²) >= 11 is 7.50. The second-order valence-corrected chi connectivity index (χ2v) is 6.25. The molecular weight excluding hydrogens is 306 g/mol. The molecule has 0 spiro atoms. The van der Waals surface area contributed by atoms with Gasteiger partial charge in [0.1, 0.15) is 0 Å². The maximum Gasteiger partial charge on any atom is 0.319 e. The molecule has 112 valence electrons. The normalized spacial score (nSPS) is 12.2. The van der Waals surface area contributed by atoms with Crippen molar-refractivity contribution >= 4 is 34.7 Å². The summed E-state index contributed by atoms with van der Waals surface area (Å²) in [7, 11) is 4.01. The van der Waals surface area contributed by atoms with Crippen molar-refractivity contribution in [1.82, 2.24) is 10.2 Å². The number of rotatable bonds is 5. The minimum absolute atomic E-state index is 0.168. The van der Waals surface area contributed by atoms with Crippen molar-refractivity contribution < 1.29 is 4.79 Å². The highest BCUT2D eigenvalue weighted by Gasteiger charge is 2.16. The van der Waals surface area contributed by atoms with Crippen LogP contribution in [0.15, 0.2) is 41.8 Å². The number of hydrogen-bond acceptors (Lipinski definition) is 3. The molecule has 0 fully saturated rings. The number of likely N-dealkylation sites (N-methyl/N-ethyl adjacent to an activating group) is 1. The summed E-state index contributed by atoms with van der Waals surface area (Å²) in [5.41, 5.74) is 0.717. The number of thiophene rings is 1. The lowest BCUT2D eigenvalue weighted by Gasteiger charge is -2.23. The molecule has 1 aromatic carbocycles. The number of carbonyl (C=O) groups excluding carboxylic acids is 1. The van der Waals surface area contributed by atoms with Gasteiger partial charge in [-0.15, -0.1) is 11.3 Å². The van der Waals surface area contributed by atoms with E-state index in [2.05, 4.69) is 21.6 Å². The quantitative estimate of drug-likeness (QED) is 0.878. The van der Waals surface area contributed by atoms with Crippen LogP contribution in [0.1, 0.15) is 10.9 Å². The van der Waals surface area contributed by atoms with Gasteiger partial charge in [0, 0.05) is 22.1 Å². The predicted molar refractivity (Wildman–Crippen MR) is 89.2 cm³/mol. The molecule has 0 bridgehead atoms. The van der Waals surface area contributed by atoms with Gasteiger partial charge < -0.3 is 15.5 Å². The Bertz CT molecular complexity index is 569. The number of amides is 2. The van der Waals surface area contributed by atoms with Crippen LogP contribution in [0.4, 0.5) is 10.5 Å². The SMILES string of the molecule is CN(C)[C@H](CNC(=O)Nc1ccc(Cl)cc1)c1cccs1. The number of urea groups is 1. The molecule has 2 rings (SSSR count). The van der Waals surface area contributed by atoms with Gasteiger partial charge in [-0.25, -0.2) is 4.79 Å². The van der Waals surface area contributed by atoms with Crippen molar-refractivity contribution in [2.45, 2.75) is 6.04 Å². The molecule has 0 aliphatic heterocycles. The number of benzene rings is 1. The Balaban J connectivity index is 1.89. The van der Waals surface area contributed by atoms with Crippen LogP contribution in [-0.4, -0.2) is 31.6 Å². The topological polar surface area (TPSA) is 44.4 Å². The molecular formula is C15H18ClN3OS. The molecule has 1 atom stereocenters. The van der Waals surface area contributed by atoms with E-state index in [0.29, 0.717) is 11.6 Å². The van der Waals surface area contributed by atoms with Crippen molar-refractivity contribution in [2.24, 2.45) is 0 Å². The summed E-state index contributed by atoms with van der Waals surface area (Å²) in [5.74, 6) is 0. The summed E-state index contributed by atoms with van der Waals surface area (Å²) in [6, 6.07) is 11.1. The van der Waals surface area contributed by atoms with Gasteiger partial charge in [-0.05, 0) is 49.8 Å². The first kappa shape index (κ1) is 15.8. The number of nitrogens with one attached hydrogen (secondary N) is 2. The van der Waals surface area contributed by atoms with Crippen molar-refractivity contribution in [3.05, 3.63) is 51.7 Å². The molecule has 2 N–H and O–H groups in total. The van der Waals surface area contributed by atoms with Gasteiger partial charge in [0.15, 0.2) is 0 Å². The first-order valence-electron chi connectivity index (χ1n) is 6.56. The first-order valence-corrected chi connectivity index (χ1v) is 7.82. The average molecular weight is 324 g/mol. The molecule has 1 aromatic heterocycles. The van der Waals surface area contributed by atoms with Gasteiger partial charge in [0.25, 0.3) is 0 Å². The molecule has 2 amide bonds. The smallest absolute Gasteiger partial charge is 0.319 e. The minimum Gasteiger partial charge on any atom is -0.336 e. The van der Waals surface area contributed by atoms with Crippen molar-refractivity contribution in [1.29, 1.82) is 0 Å². The zero-order valence-corrected chi connectivity index (χ0v) is 13.5. The van der Waals surface area contributed by atoms with Gasteiger partial charge in [0.05, 0.1) is 6.04 Å². The number of halogens is 1. The molecule has 0 saturated heterocycles. The number of carbonyl (C=O) groups is 1. The van der Waals surface area contributed by atoms with Crippen LogP contribution in [-0.2, 0) is 0 Å². The number of anilines is 1. The third kappa shape index (κ3) is 4.74. The summed E-state index contributed by atoms with van der Waals surface area (Å²) in [4.78, 5) is 15.2. The highest BCUT2D eigenvalue weighted by Crippen LogP contribution is 2.22. The van der Waals surface area contributed by atoms with Crippen LogP contribution in [0.2, 0.25) is 5.02 Å². The van der Waals surface area contributed by atoms with Gasteiger partial charge in [-0.3, -0.25) is 0 Å². The van der Waals surface area contributed by atoms with E-state index in [-0.39, 0.29) is 12.1 Å². The second kappa shape index (κ2) is 7.45. The fourth-order valence-corrected chi connectivity index (χ4v) is 2.97. The maximum atomic E-state index is 11.9. The summed E-state index contributed by atoms with van der Waals surface area (Å²) < 4.78 is 0. The highest BCUT2D eigenvalue weighted by atomic mass is 35.5. The Labute approximate surface area is 133 Å². The van der Waals surface area contributed by atoms with Crippen LogP contribution in [0.25, 0.3) is 0 Å². The van der Waals surface area contributed by atoms with Gasteiger partial charge in [0.2, 0.25) is 0 Å². The molecule has 2 aromatic rings. The first-order chi connectivity index (χ1) is 10.1. The molecule has 21 heavy (non-hydrogen) atoms. The zero-order chi connectivity index (χ0) is 15.2. The largest absolute Gasteiger partial charge is 0.336 e. The lowest BCUT2D eigenvalue weighted by molar-refractivity contribution is 0.244. The van der Waals surface area contributed by atoms with Crippen molar-refractivity contribution in [3.8, 4) is 0 Å². The van der Waals surface area contributed by atoms with E-state index in [1.54, 1.807) is 35.6 Å². The minimum atomic E-state index is -0.222. The molecule has 0 aliphatic rings. The fraction of sp³-hybridized carbons (Fsp3) is 0.267. The van der Waals surface area contributed by atoms with E-state index in [1.165, 1.54) is 4.88 Å². The van der Waals surface area contributed by atoms with E-state index in [4.69, 9.17) is 11.6 Å². The predicted octanol–water partition coefficient (Wildman–Crippen LogP) is 3.83. The lowest BCUT2D eigenvalue weighted by Crippen LogP contribution is -2.36. The monoisotopic (exact) mass is 323 g/mol. The van der Waals surface area contributed by atoms with Crippen molar-refractivity contribution in [2.75, 3.05) is 26.0 Å². The molecule has 0 unspecified atom stereocenters. The van der Waals surface area contributed by atoms with Crippen LogP contribution >= 0.6 is 22.9 Å². The Morgan fingerprint density at radius 1 is 1.29 bits per heavy atom. The Morgan fingerprint density at radius 3 is 2.57 bits per heavy atom. The molecule has 4 nitrogen and oxygen atoms in total. The van der Waals surface area contributed by atoms with Crippen LogP contribution < -0.4 is 10.6 Å². The van der Waals surface area contributed by atoms with E-state index >= 15 is 0 Å². The third-order valence-electron chi connectivity index (χ3n) is 3.05. The molecule has 6 heteroatoms. The lowest BCUT2D eigenvalue weighted by atomic mass is 10.2.